The summed E-state index contributed by atoms with van der Waals surface area (Å²) in [4.78, 5) is 16.0. The molecule has 0 radical (unpaired) electrons. The maximum absolute atomic E-state index is 9.73. The van der Waals surface area contributed by atoms with Gasteiger partial charge in [0.2, 0.25) is 11.6 Å². The topological polar surface area (TPSA) is 110 Å². The summed E-state index contributed by atoms with van der Waals surface area (Å²) in [6.45, 7) is 0. The zero-order valence-corrected chi connectivity index (χ0v) is 6.26. The SMILES string of the molecule is N.O=[P+](O)C=C[P+](=O)O. The lowest BCUT2D eigenvalue weighted by Gasteiger charge is -1.50. The predicted molar refractivity (Wildman–Crippen MR) is 33.8 cm³/mol. The summed E-state index contributed by atoms with van der Waals surface area (Å²) in [5, 5.41) is 0. The van der Waals surface area contributed by atoms with E-state index in [-0.39, 0.29) is 6.15 Å². The highest BCUT2D eigenvalue weighted by Crippen LogP contribution is 2.22. The quantitative estimate of drug-likeness (QED) is 0.538. The van der Waals surface area contributed by atoms with E-state index in [0.29, 0.717) is 0 Å². The molecule has 0 heterocycles. The molecule has 0 bridgehead atoms. The van der Waals surface area contributed by atoms with Crippen LogP contribution in [0.2, 0.25) is 0 Å². The molecular formula is C2H7NO4P2+2. The Morgan fingerprint density at radius 3 is 1.33 bits per heavy atom. The van der Waals surface area contributed by atoms with Gasteiger partial charge in [-0.05, 0) is 9.13 Å². The van der Waals surface area contributed by atoms with Crippen LogP contribution in [-0.2, 0) is 9.13 Å². The van der Waals surface area contributed by atoms with E-state index in [1.807, 2.05) is 0 Å². The van der Waals surface area contributed by atoms with Crippen molar-refractivity contribution in [1.82, 2.24) is 6.15 Å². The molecule has 5 nitrogen and oxygen atoms in total. The van der Waals surface area contributed by atoms with E-state index >= 15 is 0 Å². The van der Waals surface area contributed by atoms with E-state index in [2.05, 4.69) is 0 Å². The lowest BCUT2D eigenvalue weighted by Crippen LogP contribution is -1.46. The first-order chi connectivity index (χ1) is 3.63. The summed E-state index contributed by atoms with van der Waals surface area (Å²) >= 11 is 0. The molecule has 0 saturated carbocycles. The zero-order valence-electron chi connectivity index (χ0n) is 4.47. The first-order valence-electron chi connectivity index (χ1n) is 1.61. The van der Waals surface area contributed by atoms with E-state index in [1.54, 1.807) is 0 Å². The highest BCUT2D eigenvalue weighted by Gasteiger charge is 2.10. The van der Waals surface area contributed by atoms with Crippen LogP contribution in [0.25, 0.3) is 0 Å². The van der Waals surface area contributed by atoms with E-state index in [1.165, 1.54) is 0 Å². The van der Waals surface area contributed by atoms with Gasteiger partial charge in [-0.3, -0.25) is 0 Å². The van der Waals surface area contributed by atoms with Crippen molar-refractivity contribution < 1.29 is 18.9 Å². The van der Waals surface area contributed by atoms with Gasteiger partial charge in [-0.15, -0.1) is 0 Å². The third-order valence-electron chi connectivity index (χ3n) is 0.322. The summed E-state index contributed by atoms with van der Waals surface area (Å²) in [6.07, 6.45) is 0. The maximum Gasteiger partial charge on any atom is 0.542 e. The molecule has 7 heteroatoms. The van der Waals surface area contributed by atoms with Gasteiger partial charge >= 0.3 is 16.1 Å². The molecule has 0 saturated heterocycles. The largest absolute Gasteiger partial charge is 0.542 e. The third kappa shape index (κ3) is 11.4. The number of hydrogen-bond acceptors (Lipinski definition) is 3. The molecule has 0 spiro atoms. The Bertz CT molecular complexity index is 128. The second-order valence-electron chi connectivity index (χ2n) is 0.903. The summed E-state index contributed by atoms with van der Waals surface area (Å²) in [6, 6.07) is 0. The van der Waals surface area contributed by atoms with Gasteiger partial charge in [0.05, 0.1) is 0 Å². The van der Waals surface area contributed by atoms with Crippen molar-refractivity contribution >= 4 is 16.1 Å². The summed E-state index contributed by atoms with van der Waals surface area (Å²) in [5.74, 6) is 1.54. The predicted octanol–water partition coefficient (Wildman–Crippen LogP) is 1.09. The molecule has 0 aromatic rings. The minimum Gasteiger partial charge on any atom is -0.344 e. The van der Waals surface area contributed by atoms with E-state index in [0.717, 1.165) is 11.6 Å². The normalized spacial score (nSPS) is 12.7. The lowest BCUT2D eigenvalue weighted by molar-refractivity contribution is 0.508. The zero-order chi connectivity index (χ0) is 6.57. The highest BCUT2D eigenvalue weighted by atomic mass is 31.1. The van der Waals surface area contributed by atoms with Gasteiger partial charge in [0.1, 0.15) is 0 Å². The van der Waals surface area contributed by atoms with Crippen LogP contribution in [0.5, 0.6) is 0 Å². The molecule has 0 aliphatic rings. The summed E-state index contributed by atoms with van der Waals surface area (Å²) in [7, 11) is -4.81. The molecule has 0 aliphatic heterocycles. The molecule has 2 unspecified atom stereocenters. The lowest BCUT2D eigenvalue weighted by atomic mass is 11.3. The molecule has 9 heavy (non-hydrogen) atoms. The van der Waals surface area contributed by atoms with Crippen LogP contribution in [0.4, 0.5) is 0 Å². The molecule has 0 aliphatic carbocycles. The van der Waals surface area contributed by atoms with Crippen molar-refractivity contribution in [2.24, 2.45) is 0 Å². The van der Waals surface area contributed by atoms with E-state index < -0.39 is 16.1 Å². The molecule has 52 valence electrons. The second kappa shape index (κ2) is 5.95. The van der Waals surface area contributed by atoms with Crippen molar-refractivity contribution in [1.29, 1.82) is 0 Å². The Kier molecular flexibility index (Phi) is 7.66. The van der Waals surface area contributed by atoms with Gasteiger partial charge in [-0.2, -0.15) is 9.79 Å². The van der Waals surface area contributed by atoms with Crippen LogP contribution in [0, 0.1) is 0 Å². The molecule has 0 rings (SSSR count). The molecular weight excluding hydrogens is 164 g/mol. The Morgan fingerprint density at radius 2 is 1.22 bits per heavy atom. The molecule has 5 N–H and O–H groups in total. The standard InChI is InChI=1S/C2H2O4P2.H3N/c3-7(4)1-2-8(5)6;/h1-2H;1H3/p+2. The minimum absolute atomic E-state index is 0. The van der Waals surface area contributed by atoms with Gasteiger partial charge in [-0.25, -0.2) is 0 Å². The van der Waals surface area contributed by atoms with Crippen LogP contribution in [0.15, 0.2) is 11.6 Å². The Morgan fingerprint density at radius 1 is 1.00 bits per heavy atom. The van der Waals surface area contributed by atoms with Crippen LogP contribution in [0.1, 0.15) is 0 Å². The summed E-state index contributed by atoms with van der Waals surface area (Å²) in [5.41, 5.74) is 0. The molecule has 2 atom stereocenters. The average molecular weight is 171 g/mol. The third-order valence-corrected chi connectivity index (χ3v) is 1.37. The van der Waals surface area contributed by atoms with Gasteiger partial charge < -0.3 is 6.15 Å². The summed E-state index contributed by atoms with van der Waals surface area (Å²) < 4.78 is 19.5. The fourth-order valence-electron chi connectivity index (χ4n) is 0.114. The molecule has 0 aromatic carbocycles. The van der Waals surface area contributed by atoms with Crippen LogP contribution in [0.3, 0.4) is 0 Å². The van der Waals surface area contributed by atoms with Crippen molar-refractivity contribution in [2.75, 3.05) is 0 Å². The van der Waals surface area contributed by atoms with E-state index in [9.17, 15) is 9.13 Å². The van der Waals surface area contributed by atoms with Crippen LogP contribution in [-0.4, -0.2) is 9.79 Å². The fourth-order valence-corrected chi connectivity index (χ4v) is 1.03. The van der Waals surface area contributed by atoms with Crippen molar-refractivity contribution in [3.8, 4) is 0 Å². The Hall–Kier alpha value is -0.180. The number of hydrogen-bond donors (Lipinski definition) is 3. The van der Waals surface area contributed by atoms with Crippen LogP contribution >= 0.6 is 16.1 Å². The van der Waals surface area contributed by atoms with Crippen molar-refractivity contribution in [3.05, 3.63) is 11.6 Å². The van der Waals surface area contributed by atoms with Crippen molar-refractivity contribution in [2.45, 2.75) is 0 Å². The highest BCUT2D eigenvalue weighted by molar-refractivity contribution is 7.46. The van der Waals surface area contributed by atoms with Gasteiger partial charge in [0.25, 0.3) is 0 Å². The Labute approximate surface area is 53.7 Å². The van der Waals surface area contributed by atoms with Gasteiger partial charge in [0, 0.05) is 0 Å². The van der Waals surface area contributed by atoms with Crippen molar-refractivity contribution in [3.63, 3.8) is 0 Å². The monoisotopic (exact) mass is 171 g/mol. The molecule has 0 aromatic heterocycles. The average Bonchev–Trinajstić information content (AvgIpc) is 1.61. The maximum atomic E-state index is 9.73. The smallest absolute Gasteiger partial charge is 0.344 e. The minimum atomic E-state index is -2.41. The Balaban J connectivity index is 0. The molecule has 0 fully saturated rings. The van der Waals surface area contributed by atoms with Crippen LogP contribution < -0.4 is 6.15 Å². The van der Waals surface area contributed by atoms with Gasteiger partial charge in [-0.1, -0.05) is 0 Å². The second-order valence-corrected chi connectivity index (χ2v) is 2.71. The van der Waals surface area contributed by atoms with E-state index in [4.69, 9.17) is 9.79 Å². The van der Waals surface area contributed by atoms with Gasteiger partial charge in [0.15, 0.2) is 0 Å². The number of rotatable bonds is 2. The molecule has 0 amide bonds. The first kappa shape index (κ1) is 11.6. The first-order valence-corrected chi connectivity index (χ1v) is 4.18. The fraction of sp³-hybridized carbons (Fsp3) is 0.